The summed E-state index contributed by atoms with van der Waals surface area (Å²) < 4.78 is 0. The standard InChI is InChI=1S/C10H18ClNO/c1-7-4-3-5-9(8(7)2)12-10(13)6-11/h7-9H,3-6H2,1-2H3,(H,12,13)/t7-,8+,9-/m0/s1. The van der Waals surface area contributed by atoms with E-state index in [1.54, 1.807) is 0 Å². The number of nitrogens with one attached hydrogen (secondary N) is 1. The van der Waals surface area contributed by atoms with Crippen LogP contribution < -0.4 is 5.32 Å². The maximum Gasteiger partial charge on any atom is 0.235 e. The summed E-state index contributed by atoms with van der Waals surface area (Å²) in [5, 5.41) is 2.98. The summed E-state index contributed by atoms with van der Waals surface area (Å²) in [6.45, 7) is 4.46. The molecule has 0 unspecified atom stereocenters. The van der Waals surface area contributed by atoms with Crippen molar-refractivity contribution < 1.29 is 4.79 Å². The molecule has 1 amide bonds. The summed E-state index contributed by atoms with van der Waals surface area (Å²) in [5.41, 5.74) is 0. The summed E-state index contributed by atoms with van der Waals surface area (Å²) in [4.78, 5) is 11.1. The molecule has 3 heteroatoms. The predicted molar refractivity (Wildman–Crippen MR) is 54.8 cm³/mol. The van der Waals surface area contributed by atoms with Crippen LogP contribution in [0.4, 0.5) is 0 Å². The van der Waals surface area contributed by atoms with Gasteiger partial charge in [-0.15, -0.1) is 11.6 Å². The Kier molecular flexibility index (Phi) is 4.04. The van der Waals surface area contributed by atoms with Crippen molar-refractivity contribution in [2.75, 3.05) is 5.88 Å². The molecule has 0 radical (unpaired) electrons. The van der Waals surface area contributed by atoms with Crippen LogP contribution in [0.25, 0.3) is 0 Å². The molecule has 1 aliphatic carbocycles. The van der Waals surface area contributed by atoms with Crippen LogP contribution >= 0.6 is 11.6 Å². The van der Waals surface area contributed by atoms with Gasteiger partial charge in [0.2, 0.25) is 5.91 Å². The van der Waals surface area contributed by atoms with Gasteiger partial charge in [-0.1, -0.05) is 26.7 Å². The first-order valence-corrected chi connectivity index (χ1v) is 5.54. The number of carbonyl (C=O) groups is 1. The molecule has 2 nitrogen and oxygen atoms in total. The third-order valence-electron chi connectivity index (χ3n) is 3.17. The van der Waals surface area contributed by atoms with E-state index in [9.17, 15) is 4.79 Å². The lowest BCUT2D eigenvalue weighted by Crippen LogP contribution is -2.44. The van der Waals surface area contributed by atoms with Gasteiger partial charge in [-0.3, -0.25) is 4.79 Å². The van der Waals surface area contributed by atoms with Crippen LogP contribution in [-0.4, -0.2) is 17.8 Å². The number of hydrogen-bond donors (Lipinski definition) is 1. The summed E-state index contributed by atoms with van der Waals surface area (Å²) in [5.74, 6) is 1.35. The molecule has 3 atom stereocenters. The second kappa shape index (κ2) is 4.85. The van der Waals surface area contributed by atoms with Crippen molar-refractivity contribution >= 4 is 17.5 Å². The van der Waals surface area contributed by atoms with Crippen molar-refractivity contribution in [3.63, 3.8) is 0 Å². The minimum absolute atomic E-state index is 0.0346. The predicted octanol–water partition coefficient (Wildman–Crippen LogP) is 2.17. The zero-order valence-electron chi connectivity index (χ0n) is 8.35. The number of amides is 1. The minimum atomic E-state index is -0.0346. The van der Waals surface area contributed by atoms with E-state index in [1.165, 1.54) is 12.8 Å². The van der Waals surface area contributed by atoms with Gasteiger partial charge in [-0.2, -0.15) is 0 Å². The van der Waals surface area contributed by atoms with Crippen molar-refractivity contribution in [2.45, 2.75) is 39.2 Å². The molecule has 0 spiro atoms. The molecular formula is C10H18ClNO. The van der Waals surface area contributed by atoms with E-state index in [1.807, 2.05) is 0 Å². The molecule has 1 aliphatic rings. The summed E-state index contributed by atoms with van der Waals surface area (Å²) >= 11 is 5.44. The highest BCUT2D eigenvalue weighted by molar-refractivity contribution is 6.27. The van der Waals surface area contributed by atoms with E-state index < -0.39 is 0 Å². The molecule has 0 heterocycles. The lowest BCUT2D eigenvalue weighted by molar-refractivity contribution is -0.120. The van der Waals surface area contributed by atoms with Crippen molar-refractivity contribution in [1.82, 2.24) is 5.32 Å². The Morgan fingerprint density at radius 3 is 2.77 bits per heavy atom. The minimum Gasteiger partial charge on any atom is -0.352 e. The second-order valence-corrected chi connectivity index (χ2v) is 4.34. The Morgan fingerprint density at radius 2 is 2.15 bits per heavy atom. The Labute approximate surface area is 85.0 Å². The molecule has 76 valence electrons. The fourth-order valence-corrected chi connectivity index (χ4v) is 2.11. The van der Waals surface area contributed by atoms with E-state index >= 15 is 0 Å². The maximum atomic E-state index is 11.1. The molecule has 1 saturated carbocycles. The van der Waals surface area contributed by atoms with Gasteiger partial charge in [0.15, 0.2) is 0 Å². The summed E-state index contributed by atoms with van der Waals surface area (Å²) in [6.07, 6.45) is 3.61. The fraction of sp³-hybridized carbons (Fsp3) is 0.900. The van der Waals surface area contributed by atoms with Crippen LogP contribution in [0.1, 0.15) is 33.1 Å². The van der Waals surface area contributed by atoms with Gasteiger partial charge in [0.05, 0.1) is 0 Å². The highest BCUT2D eigenvalue weighted by atomic mass is 35.5. The SMILES string of the molecule is C[C@H]1[C@@H](NC(=O)CCl)CCC[C@@H]1C. The average Bonchev–Trinajstić information content (AvgIpc) is 2.13. The first-order chi connectivity index (χ1) is 6.15. The van der Waals surface area contributed by atoms with Crippen molar-refractivity contribution in [3.8, 4) is 0 Å². The van der Waals surface area contributed by atoms with Crippen molar-refractivity contribution in [3.05, 3.63) is 0 Å². The molecule has 0 saturated heterocycles. The topological polar surface area (TPSA) is 29.1 Å². The summed E-state index contributed by atoms with van der Waals surface area (Å²) in [7, 11) is 0. The maximum absolute atomic E-state index is 11.1. The average molecular weight is 204 g/mol. The smallest absolute Gasteiger partial charge is 0.235 e. The zero-order chi connectivity index (χ0) is 9.84. The van der Waals surface area contributed by atoms with Gasteiger partial charge in [0.25, 0.3) is 0 Å². The quantitative estimate of drug-likeness (QED) is 0.685. The number of halogens is 1. The molecule has 1 rings (SSSR count). The molecule has 1 fully saturated rings. The lowest BCUT2D eigenvalue weighted by atomic mass is 9.78. The third-order valence-corrected chi connectivity index (χ3v) is 3.42. The molecule has 0 aromatic heterocycles. The van der Waals surface area contributed by atoms with Crippen LogP contribution in [0.2, 0.25) is 0 Å². The molecule has 13 heavy (non-hydrogen) atoms. The Bertz CT molecular complexity index is 184. The molecule has 0 aromatic rings. The van der Waals surface area contributed by atoms with Crippen LogP contribution in [0.15, 0.2) is 0 Å². The van der Waals surface area contributed by atoms with E-state index in [0.29, 0.717) is 12.0 Å². The van der Waals surface area contributed by atoms with Crippen molar-refractivity contribution in [2.24, 2.45) is 11.8 Å². The van der Waals surface area contributed by atoms with Crippen LogP contribution in [0.3, 0.4) is 0 Å². The fourth-order valence-electron chi connectivity index (χ4n) is 2.03. The van der Waals surface area contributed by atoms with Gasteiger partial charge in [-0.25, -0.2) is 0 Å². The van der Waals surface area contributed by atoms with Crippen LogP contribution in [-0.2, 0) is 4.79 Å². The number of hydrogen-bond acceptors (Lipinski definition) is 1. The molecule has 0 aromatic carbocycles. The number of rotatable bonds is 2. The second-order valence-electron chi connectivity index (χ2n) is 4.07. The van der Waals surface area contributed by atoms with Crippen LogP contribution in [0, 0.1) is 11.8 Å². The van der Waals surface area contributed by atoms with E-state index in [-0.39, 0.29) is 11.8 Å². The van der Waals surface area contributed by atoms with Crippen molar-refractivity contribution in [1.29, 1.82) is 0 Å². The molecular weight excluding hydrogens is 186 g/mol. The highest BCUT2D eigenvalue weighted by Gasteiger charge is 2.27. The number of alkyl halides is 1. The normalized spacial score (nSPS) is 34.2. The van der Waals surface area contributed by atoms with Gasteiger partial charge < -0.3 is 5.32 Å². The number of carbonyl (C=O) groups excluding carboxylic acids is 1. The monoisotopic (exact) mass is 203 g/mol. The largest absolute Gasteiger partial charge is 0.352 e. The molecule has 1 N–H and O–H groups in total. The first kappa shape index (κ1) is 10.8. The highest BCUT2D eigenvalue weighted by Crippen LogP contribution is 2.29. The first-order valence-electron chi connectivity index (χ1n) is 5.00. The Hall–Kier alpha value is -0.240. The Morgan fingerprint density at radius 1 is 1.46 bits per heavy atom. The van der Waals surface area contributed by atoms with Gasteiger partial charge in [0.1, 0.15) is 5.88 Å². The molecule has 0 aliphatic heterocycles. The Balaban J connectivity index is 2.43. The van der Waals surface area contributed by atoms with E-state index in [2.05, 4.69) is 19.2 Å². The zero-order valence-corrected chi connectivity index (χ0v) is 9.10. The summed E-state index contributed by atoms with van der Waals surface area (Å²) in [6, 6.07) is 0.343. The van der Waals surface area contributed by atoms with Gasteiger partial charge in [-0.05, 0) is 18.3 Å². The van der Waals surface area contributed by atoms with E-state index in [0.717, 1.165) is 12.3 Å². The van der Waals surface area contributed by atoms with Gasteiger partial charge >= 0.3 is 0 Å². The lowest BCUT2D eigenvalue weighted by Gasteiger charge is -2.34. The van der Waals surface area contributed by atoms with E-state index in [4.69, 9.17) is 11.6 Å². The molecule has 0 bridgehead atoms. The third kappa shape index (κ3) is 2.87. The van der Waals surface area contributed by atoms with Gasteiger partial charge in [0, 0.05) is 6.04 Å². The van der Waals surface area contributed by atoms with Crippen LogP contribution in [0.5, 0.6) is 0 Å².